The molecule has 4 heteroatoms. The normalized spacial score (nSPS) is 26.8. The molecule has 0 spiro atoms. The minimum atomic E-state index is -2.86. The second-order valence-electron chi connectivity index (χ2n) is 6.19. The maximum atomic E-state index is 12.2. The molecule has 2 rings (SSSR count). The van der Waals surface area contributed by atoms with Gasteiger partial charge in [0.15, 0.2) is 9.84 Å². The number of allylic oxidation sites excluding steroid dienone is 1. The number of ether oxygens (including phenoxy) is 1. The first-order valence-electron chi connectivity index (χ1n) is 8.19. The molecule has 1 unspecified atom stereocenters. The molecule has 116 valence electrons. The highest BCUT2D eigenvalue weighted by Crippen LogP contribution is 2.24. The Kier molecular flexibility index (Phi) is 6.40. The Morgan fingerprint density at radius 2 is 1.80 bits per heavy atom. The predicted molar refractivity (Wildman–Crippen MR) is 82.4 cm³/mol. The molecule has 1 saturated carbocycles. The lowest BCUT2D eigenvalue weighted by Crippen LogP contribution is -2.26. The van der Waals surface area contributed by atoms with Crippen molar-refractivity contribution in [1.82, 2.24) is 0 Å². The first-order valence-corrected chi connectivity index (χ1v) is 9.91. The predicted octanol–water partition coefficient (Wildman–Crippen LogP) is 3.99. The van der Waals surface area contributed by atoms with Gasteiger partial charge in [-0.15, -0.1) is 0 Å². The number of rotatable bonds is 5. The van der Waals surface area contributed by atoms with Crippen LogP contribution >= 0.6 is 0 Å². The monoisotopic (exact) mass is 300 g/mol. The summed E-state index contributed by atoms with van der Waals surface area (Å²) in [6.45, 7) is 0.662. The van der Waals surface area contributed by atoms with Gasteiger partial charge in [-0.2, -0.15) is 0 Å². The van der Waals surface area contributed by atoms with Crippen LogP contribution in [0.4, 0.5) is 0 Å². The van der Waals surface area contributed by atoms with Crippen LogP contribution in [0.3, 0.4) is 0 Å². The largest absolute Gasteiger partial charge is 0.501 e. The van der Waals surface area contributed by atoms with Gasteiger partial charge in [-0.05, 0) is 56.9 Å². The summed E-state index contributed by atoms with van der Waals surface area (Å²) in [6.07, 6.45) is 13.5. The fraction of sp³-hybridized carbons (Fsp3) is 0.875. The second kappa shape index (κ2) is 8.06. The molecule has 0 amide bonds. The molecule has 1 heterocycles. The first-order chi connectivity index (χ1) is 9.68. The van der Waals surface area contributed by atoms with Crippen molar-refractivity contribution in [3.05, 3.63) is 11.8 Å². The lowest BCUT2D eigenvalue weighted by molar-refractivity contribution is 0.237. The molecule has 1 saturated heterocycles. The van der Waals surface area contributed by atoms with E-state index < -0.39 is 9.84 Å². The summed E-state index contributed by atoms with van der Waals surface area (Å²) < 4.78 is 29.9. The smallest absolute Gasteiger partial charge is 0.153 e. The van der Waals surface area contributed by atoms with Gasteiger partial charge in [0.05, 0.1) is 23.9 Å². The SMILES string of the molecule is O=S1(=O)CCCCCCC1CCCOC=C1CCCC1. The van der Waals surface area contributed by atoms with E-state index in [0.29, 0.717) is 12.4 Å². The minimum absolute atomic E-state index is 0.120. The lowest BCUT2D eigenvalue weighted by atomic mass is 10.1. The third kappa shape index (κ3) is 5.12. The molecule has 0 aromatic carbocycles. The van der Waals surface area contributed by atoms with Crippen LogP contribution in [0.15, 0.2) is 11.8 Å². The van der Waals surface area contributed by atoms with E-state index in [0.717, 1.165) is 38.5 Å². The quantitative estimate of drug-likeness (QED) is 0.569. The van der Waals surface area contributed by atoms with Crippen LogP contribution in [0.25, 0.3) is 0 Å². The van der Waals surface area contributed by atoms with Crippen molar-refractivity contribution in [1.29, 1.82) is 0 Å². The van der Waals surface area contributed by atoms with Gasteiger partial charge in [0.1, 0.15) is 0 Å². The molecule has 20 heavy (non-hydrogen) atoms. The molecule has 0 aromatic heterocycles. The van der Waals surface area contributed by atoms with Crippen LogP contribution in [-0.4, -0.2) is 26.0 Å². The summed E-state index contributed by atoms with van der Waals surface area (Å²) in [6, 6.07) is 0. The van der Waals surface area contributed by atoms with Gasteiger partial charge in [0.25, 0.3) is 0 Å². The van der Waals surface area contributed by atoms with E-state index >= 15 is 0 Å². The summed E-state index contributed by atoms with van der Waals surface area (Å²) in [5, 5.41) is -0.120. The van der Waals surface area contributed by atoms with Crippen LogP contribution in [0, 0.1) is 0 Å². The average Bonchev–Trinajstić information content (AvgIpc) is 2.90. The van der Waals surface area contributed by atoms with E-state index in [9.17, 15) is 8.42 Å². The van der Waals surface area contributed by atoms with Gasteiger partial charge in [0, 0.05) is 0 Å². The van der Waals surface area contributed by atoms with Crippen molar-refractivity contribution in [2.45, 2.75) is 75.9 Å². The van der Waals surface area contributed by atoms with E-state index in [1.165, 1.54) is 37.7 Å². The summed E-state index contributed by atoms with van der Waals surface area (Å²) in [7, 11) is -2.86. The highest BCUT2D eigenvalue weighted by molar-refractivity contribution is 7.92. The second-order valence-corrected chi connectivity index (χ2v) is 8.59. The highest BCUT2D eigenvalue weighted by atomic mass is 32.2. The van der Waals surface area contributed by atoms with Crippen LogP contribution in [0.1, 0.15) is 70.6 Å². The van der Waals surface area contributed by atoms with E-state index in [2.05, 4.69) is 0 Å². The van der Waals surface area contributed by atoms with Crippen molar-refractivity contribution in [3.63, 3.8) is 0 Å². The lowest BCUT2D eigenvalue weighted by Gasteiger charge is -2.20. The summed E-state index contributed by atoms with van der Waals surface area (Å²) in [4.78, 5) is 0. The van der Waals surface area contributed by atoms with Gasteiger partial charge in [-0.3, -0.25) is 0 Å². The highest BCUT2D eigenvalue weighted by Gasteiger charge is 2.25. The van der Waals surface area contributed by atoms with Crippen molar-refractivity contribution in [2.24, 2.45) is 0 Å². The maximum absolute atomic E-state index is 12.2. The zero-order valence-corrected chi connectivity index (χ0v) is 13.3. The topological polar surface area (TPSA) is 43.4 Å². The zero-order valence-electron chi connectivity index (χ0n) is 12.5. The van der Waals surface area contributed by atoms with Crippen molar-refractivity contribution >= 4 is 9.84 Å². The Balaban J connectivity index is 1.69. The molecule has 1 aliphatic carbocycles. The third-order valence-corrected chi connectivity index (χ3v) is 6.84. The van der Waals surface area contributed by atoms with Gasteiger partial charge in [-0.25, -0.2) is 8.42 Å². The summed E-state index contributed by atoms with van der Waals surface area (Å²) >= 11 is 0. The molecule has 0 radical (unpaired) electrons. The number of hydrogen-bond acceptors (Lipinski definition) is 3. The van der Waals surface area contributed by atoms with E-state index in [-0.39, 0.29) is 5.25 Å². The van der Waals surface area contributed by atoms with Crippen LogP contribution < -0.4 is 0 Å². The molecule has 1 atom stereocenters. The first kappa shape index (κ1) is 15.9. The molecular weight excluding hydrogens is 272 g/mol. The molecule has 0 aromatic rings. The van der Waals surface area contributed by atoms with Gasteiger partial charge >= 0.3 is 0 Å². The Morgan fingerprint density at radius 1 is 1.05 bits per heavy atom. The summed E-state index contributed by atoms with van der Waals surface area (Å²) in [5.74, 6) is 0.391. The van der Waals surface area contributed by atoms with Crippen LogP contribution in [0.5, 0.6) is 0 Å². The summed E-state index contributed by atoms with van der Waals surface area (Å²) in [5.41, 5.74) is 1.42. The molecule has 2 aliphatic rings. The maximum Gasteiger partial charge on any atom is 0.153 e. The van der Waals surface area contributed by atoms with E-state index in [4.69, 9.17) is 4.74 Å². The van der Waals surface area contributed by atoms with E-state index in [1.54, 1.807) is 0 Å². The van der Waals surface area contributed by atoms with Crippen molar-refractivity contribution < 1.29 is 13.2 Å². The Morgan fingerprint density at radius 3 is 2.60 bits per heavy atom. The molecule has 2 fully saturated rings. The number of hydrogen-bond donors (Lipinski definition) is 0. The Labute approximate surface area is 123 Å². The zero-order chi connectivity index (χ0) is 14.3. The third-order valence-electron chi connectivity index (χ3n) is 4.50. The fourth-order valence-electron chi connectivity index (χ4n) is 3.22. The molecule has 0 bridgehead atoms. The molecule has 3 nitrogen and oxygen atoms in total. The fourth-order valence-corrected chi connectivity index (χ4v) is 5.21. The Bertz CT molecular complexity index is 403. The van der Waals surface area contributed by atoms with Gasteiger partial charge < -0.3 is 4.74 Å². The van der Waals surface area contributed by atoms with Crippen molar-refractivity contribution in [3.8, 4) is 0 Å². The molecule has 1 aliphatic heterocycles. The van der Waals surface area contributed by atoms with E-state index in [1.807, 2.05) is 6.26 Å². The van der Waals surface area contributed by atoms with Gasteiger partial charge in [0.2, 0.25) is 0 Å². The van der Waals surface area contributed by atoms with Crippen LogP contribution in [-0.2, 0) is 14.6 Å². The molecule has 0 N–H and O–H groups in total. The minimum Gasteiger partial charge on any atom is -0.501 e. The average molecular weight is 300 g/mol. The van der Waals surface area contributed by atoms with Gasteiger partial charge in [-0.1, -0.05) is 19.3 Å². The Hall–Kier alpha value is -0.510. The number of sulfone groups is 1. The van der Waals surface area contributed by atoms with Crippen LogP contribution in [0.2, 0.25) is 0 Å². The van der Waals surface area contributed by atoms with Crippen molar-refractivity contribution in [2.75, 3.05) is 12.4 Å². The standard InChI is InChI=1S/C16H28O3S/c17-20(18)13-6-2-1-3-10-16(20)11-7-12-19-14-15-8-4-5-9-15/h14,16H,1-13H2. The molecular formula is C16H28O3S.